The maximum Gasteiger partial charge on any atom is 0.251 e. The highest BCUT2D eigenvalue weighted by Crippen LogP contribution is 2.40. The standard InChI is InChI=1S/C30H36FN5O2/c1-34-17-19-36(20-18-34)30(38)27(5-4-14-32-28-21-26(28)22-6-10-24(31)11-7-22)33-29(37)23-8-12-25(13-9-23)35-15-2-3-16-35/h2-3,6-13,15-16,26-28,32H,4-5,14,17-21H2,1H3,(H,33,37)/t26-,27?,28+/m0/s1. The molecule has 0 bridgehead atoms. The second-order valence-electron chi connectivity index (χ2n) is 10.4. The van der Waals surface area contributed by atoms with Crippen LogP contribution in [-0.4, -0.2) is 78.0 Å². The van der Waals surface area contributed by atoms with E-state index in [1.165, 1.54) is 12.1 Å². The summed E-state index contributed by atoms with van der Waals surface area (Å²) in [6.07, 6.45) is 6.28. The molecular weight excluding hydrogens is 481 g/mol. The van der Waals surface area contributed by atoms with Gasteiger partial charge in [0.05, 0.1) is 0 Å². The van der Waals surface area contributed by atoms with Gasteiger partial charge in [-0.15, -0.1) is 0 Å². The molecule has 5 rings (SSSR count). The molecule has 1 unspecified atom stereocenters. The van der Waals surface area contributed by atoms with E-state index < -0.39 is 6.04 Å². The molecule has 1 saturated heterocycles. The van der Waals surface area contributed by atoms with Crippen molar-refractivity contribution in [2.24, 2.45) is 0 Å². The third-order valence-corrected chi connectivity index (χ3v) is 7.62. The lowest BCUT2D eigenvalue weighted by atomic mass is 10.1. The van der Waals surface area contributed by atoms with Crippen LogP contribution in [0, 0.1) is 5.82 Å². The van der Waals surface area contributed by atoms with Gasteiger partial charge in [-0.05, 0) is 86.9 Å². The Kier molecular flexibility index (Phi) is 8.20. The topological polar surface area (TPSA) is 69.6 Å². The Hall–Kier alpha value is -3.49. The fourth-order valence-corrected chi connectivity index (χ4v) is 5.13. The first-order valence-electron chi connectivity index (χ1n) is 13.5. The molecule has 2 aromatic carbocycles. The summed E-state index contributed by atoms with van der Waals surface area (Å²) < 4.78 is 15.2. The van der Waals surface area contributed by atoms with Crippen molar-refractivity contribution in [1.82, 2.24) is 25.0 Å². The summed E-state index contributed by atoms with van der Waals surface area (Å²) in [5, 5.41) is 6.59. The molecule has 3 aromatic rings. The molecule has 0 spiro atoms. The first kappa shape index (κ1) is 26.1. The number of hydrogen-bond donors (Lipinski definition) is 2. The number of likely N-dealkylation sites (N-methyl/N-ethyl adjacent to an activating group) is 1. The average Bonchev–Trinajstić information content (AvgIpc) is 3.49. The molecule has 1 saturated carbocycles. The van der Waals surface area contributed by atoms with E-state index in [4.69, 9.17) is 0 Å². The molecular formula is C30H36FN5O2. The number of hydrogen-bond acceptors (Lipinski definition) is 4. The number of carbonyl (C=O) groups excluding carboxylic acids is 2. The SMILES string of the molecule is CN1CCN(C(=O)C(CCCN[C@@H]2C[C@H]2c2ccc(F)cc2)NC(=O)c2ccc(-n3cccc3)cc2)CC1. The maximum absolute atomic E-state index is 13.4. The molecule has 1 aliphatic carbocycles. The van der Waals surface area contributed by atoms with Crippen LogP contribution >= 0.6 is 0 Å². The summed E-state index contributed by atoms with van der Waals surface area (Å²) >= 11 is 0. The first-order valence-corrected chi connectivity index (χ1v) is 13.5. The molecule has 38 heavy (non-hydrogen) atoms. The number of rotatable bonds is 10. The summed E-state index contributed by atoms with van der Waals surface area (Å²) in [4.78, 5) is 30.6. The predicted octanol–water partition coefficient (Wildman–Crippen LogP) is 3.41. The predicted molar refractivity (Wildman–Crippen MR) is 146 cm³/mol. The van der Waals surface area contributed by atoms with E-state index >= 15 is 0 Å². The molecule has 1 aliphatic heterocycles. The van der Waals surface area contributed by atoms with Crippen molar-refractivity contribution >= 4 is 11.8 Å². The summed E-state index contributed by atoms with van der Waals surface area (Å²) in [5.41, 5.74) is 2.67. The van der Waals surface area contributed by atoms with Crippen molar-refractivity contribution in [3.63, 3.8) is 0 Å². The summed E-state index contributed by atoms with van der Waals surface area (Å²) in [6.45, 7) is 3.78. The molecule has 2 heterocycles. The Morgan fingerprint density at radius 3 is 2.34 bits per heavy atom. The molecule has 0 radical (unpaired) electrons. The van der Waals surface area contributed by atoms with Crippen molar-refractivity contribution in [2.75, 3.05) is 39.8 Å². The molecule has 2 N–H and O–H groups in total. The Morgan fingerprint density at radius 2 is 1.66 bits per heavy atom. The second-order valence-corrected chi connectivity index (χ2v) is 10.4. The van der Waals surface area contributed by atoms with Crippen molar-refractivity contribution in [2.45, 2.75) is 37.3 Å². The highest BCUT2D eigenvalue weighted by Gasteiger charge is 2.37. The fraction of sp³-hybridized carbons (Fsp3) is 0.400. The number of carbonyl (C=O) groups is 2. The van der Waals surface area contributed by atoms with E-state index in [1.54, 1.807) is 12.1 Å². The summed E-state index contributed by atoms with van der Waals surface area (Å²) in [5.74, 6) is -0.0458. The van der Waals surface area contributed by atoms with E-state index in [1.807, 2.05) is 58.3 Å². The van der Waals surface area contributed by atoms with E-state index in [0.29, 0.717) is 37.0 Å². The van der Waals surface area contributed by atoms with Crippen LogP contribution < -0.4 is 10.6 Å². The maximum atomic E-state index is 13.4. The van der Waals surface area contributed by atoms with Crippen LogP contribution in [0.1, 0.15) is 41.1 Å². The van der Waals surface area contributed by atoms with E-state index in [0.717, 1.165) is 43.7 Å². The van der Waals surface area contributed by atoms with Gasteiger partial charge in [-0.25, -0.2) is 4.39 Å². The molecule has 2 fully saturated rings. The first-order chi connectivity index (χ1) is 18.5. The number of halogens is 1. The van der Waals surface area contributed by atoms with E-state index in [9.17, 15) is 14.0 Å². The molecule has 3 atom stereocenters. The average molecular weight is 518 g/mol. The molecule has 7 nitrogen and oxygen atoms in total. The van der Waals surface area contributed by atoms with Crippen molar-refractivity contribution in [1.29, 1.82) is 0 Å². The normalized spacial score (nSPS) is 20.2. The minimum Gasteiger partial charge on any atom is -0.340 e. The zero-order chi connectivity index (χ0) is 26.5. The number of amides is 2. The van der Waals surface area contributed by atoms with Gasteiger partial charge in [0, 0.05) is 61.8 Å². The minimum absolute atomic E-state index is 0.00831. The number of piperazine rings is 1. The van der Waals surface area contributed by atoms with E-state index in [-0.39, 0.29) is 17.6 Å². The Labute approximate surface area is 223 Å². The van der Waals surface area contributed by atoms with Crippen LogP contribution in [0.5, 0.6) is 0 Å². The Balaban J connectivity index is 1.16. The number of nitrogens with zero attached hydrogens (tertiary/aromatic N) is 3. The third kappa shape index (κ3) is 6.49. The van der Waals surface area contributed by atoms with Gasteiger partial charge in [-0.2, -0.15) is 0 Å². The van der Waals surface area contributed by atoms with Crippen LogP contribution in [0.25, 0.3) is 5.69 Å². The Bertz CT molecular complexity index is 1200. The van der Waals surface area contributed by atoms with Gasteiger partial charge in [-0.3, -0.25) is 9.59 Å². The zero-order valence-electron chi connectivity index (χ0n) is 21.9. The van der Waals surface area contributed by atoms with Crippen LogP contribution in [0.3, 0.4) is 0 Å². The molecule has 2 amide bonds. The largest absolute Gasteiger partial charge is 0.340 e. The van der Waals surface area contributed by atoms with Gasteiger partial charge in [0.2, 0.25) is 5.91 Å². The smallest absolute Gasteiger partial charge is 0.251 e. The van der Waals surface area contributed by atoms with Gasteiger partial charge in [0.15, 0.2) is 0 Å². The third-order valence-electron chi connectivity index (χ3n) is 7.62. The van der Waals surface area contributed by atoms with Gasteiger partial charge < -0.3 is 25.0 Å². The molecule has 2 aliphatic rings. The number of nitrogens with one attached hydrogen (secondary N) is 2. The molecule has 8 heteroatoms. The second kappa shape index (κ2) is 11.9. The van der Waals surface area contributed by atoms with Crippen LogP contribution in [0.2, 0.25) is 0 Å². The van der Waals surface area contributed by atoms with Crippen LogP contribution in [0.4, 0.5) is 4.39 Å². The van der Waals surface area contributed by atoms with Crippen LogP contribution in [0.15, 0.2) is 73.1 Å². The molecule has 200 valence electrons. The number of benzene rings is 2. The highest BCUT2D eigenvalue weighted by molar-refractivity contribution is 5.97. The Morgan fingerprint density at radius 1 is 0.974 bits per heavy atom. The van der Waals surface area contributed by atoms with Gasteiger partial charge in [0.1, 0.15) is 11.9 Å². The monoisotopic (exact) mass is 517 g/mol. The summed E-state index contributed by atoms with van der Waals surface area (Å²) in [6, 6.07) is 17.9. The van der Waals surface area contributed by atoms with Crippen molar-refractivity contribution in [3.05, 3.63) is 90.0 Å². The lowest BCUT2D eigenvalue weighted by Crippen LogP contribution is -2.54. The highest BCUT2D eigenvalue weighted by atomic mass is 19.1. The minimum atomic E-state index is -0.566. The zero-order valence-corrected chi connectivity index (χ0v) is 21.9. The lowest BCUT2D eigenvalue weighted by molar-refractivity contribution is -0.135. The van der Waals surface area contributed by atoms with E-state index in [2.05, 4.69) is 22.6 Å². The lowest BCUT2D eigenvalue weighted by Gasteiger charge is -2.34. The number of aromatic nitrogens is 1. The van der Waals surface area contributed by atoms with Gasteiger partial charge in [-0.1, -0.05) is 12.1 Å². The molecule has 1 aromatic heterocycles. The van der Waals surface area contributed by atoms with Crippen molar-refractivity contribution in [3.8, 4) is 5.69 Å². The van der Waals surface area contributed by atoms with Gasteiger partial charge in [0.25, 0.3) is 5.91 Å². The van der Waals surface area contributed by atoms with Crippen molar-refractivity contribution < 1.29 is 14.0 Å². The quantitative estimate of drug-likeness (QED) is 0.405. The fourth-order valence-electron chi connectivity index (χ4n) is 5.13. The van der Waals surface area contributed by atoms with Crippen LogP contribution in [-0.2, 0) is 4.79 Å². The van der Waals surface area contributed by atoms with Gasteiger partial charge >= 0.3 is 0 Å². The summed E-state index contributed by atoms with van der Waals surface area (Å²) in [7, 11) is 2.06.